The quantitative estimate of drug-likeness (QED) is 0.312. The molecular formula is C21H18ClF4N5O4S2. The van der Waals surface area contributed by atoms with E-state index in [-0.39, 0.29) is 21.2 Å². The maximum Gasteiger partial charge on any atom is 0.493 e. The van der Waals surface area contributed by atoms with Crippen molar-refractivity contribution in [3.8, 4) is 0 Å². The summed E-state index contributed by atoms with van der Waals surface area (Å²) in [7, 11) is -5.19. The number of rotatable bonds is 8. The van der Waals surface area contributed by atoms with E-state index in [0.717, 1.165) is 46.6 Å². The molecule has 0 spiro atoms. The molecule has 0 aliphatic carbocycles. The summed E-state index contributed by atoms with van der Waals surface area (Å²) in [5.74, 6) is -4.82. The maximum absolute atomic E-state index is 15.0. The zero-order valence-electron chi connectivity index (χ0n) is 18.7. The van der Waals surface area contributed by atoms with Gasteiger partial charge in [0.1, 0.15) is 10.7 Å². The summed E-state index contributed by atoms with van der Waals surface area (Å²) in [6, 6.07) is 7.01. The first kappa shape index (κ1) is 27.0. The minimum Gasteiger partial charge on any atom is -0.380 e. The molecular weight excluding hydrogens is 562 g/mol. The molecule has 37 heavy (non-hydrogen) atoms. The van der Waals surface area contributed by atoms with E-state index in [1.165, 1.54) is 0 Å². The highest BCUT2D eigenvalue weighted by Gasteiger charge is 2.45. The van der Waals surface area contributed by atoms with E-state index in [1.54, 1.807) is 6.20 Å². The monoisotopic (exact) mass is 579 g/mol. The number of likely N-dealkylation sites (tertiary alicyclic amines) is 1. The van der Waals surface area contributed by atoms with Crippen LogP contribution in [0.1, 0.15) is 12.1 Å². The second-order valence-electron chi connectivity index (χ2n) is 7.90. The number of sulfonamides is 1. The summed E-state index contributed by atoms with van der Waals surface area (Å²) in [5, 5.41) is 3.87. The standard InChI is InChI=1S/C21H18ClF4N5O4S2/c22-15-7-18(37(33,34)31(19-11-36-12-28-19)35-20(32)21(24,25)26)16(23)8-17(15)29-14-4-6-30(10-14)9-13-3-1-2-5-27-13/h1-3,5,7-8,11-12,14,29H,4,6,9-10H2/t14-/m0/s1. The molecule has 1 aliphatic rings. The number of carbonyl (C=O) groups is 1. The van der Waals surface area contributed by atoms with Crippen LogP contribution in [0, 0.1) is 5.82 Å². The summed E-state index contributed by atoms with van der Waals surface area (Å²) in [6.45, 7) is 1.93. The van der Waals surface area contributed by atoms with Gasteiger partial charge in [-0.15, -0.1) is 11.3 Å². The van der Waals surface area contributed by atoms with E-state index >= 15 is 4.39 Å². The number of alkyl halides is 3. The molecule has 0 saturated carbocycles. The van der Waals surface area contributed by atoms with Crippen LogP contribution < -0.4 is 9.79 Å². The van der Waals surface area contributed by atoms with Crippen LogP contribution >= 0.6 is 22.9 Å². The number of halogens is 5. The zero-order chi connectivity index (χ0) is 26.8. The van der Waals surface area contributed by atoms with Gasteiger partial charge in [-0.3, -0.25) is 9.88 Å². The SMILES string of the molecule is O=C(ON(c1cscn1)S(=O)(=O)c1cc(Cl)c(N[C@H]2CCN(Cc3ccccn3)C2)cc1F)C(F)(F)F. The van der Waals surface area contributed by atoms with Crippen molar-refractivity contribution >= 4 is 50.4 Å². The first-order valence-corrected chi connectivity index (χ1v) is 13.3. The van der Waals surface area contributed by atoms with Gasteiger partial charge in [-0.25, -0.2) is 14.2 Å². The van der Waals surface area contributed by atoms with Crippen molar-refractivity contribution in [3.05, 3.63) is 64.0 Å². The molecule has 1 atom stereocenters. The van der Waals surface area contributed by atoms with E-state index in [1.807, 2.05) is 18.2 Å². The van der Waals surface area contributed by atoms with Crippen LogP contribution in [0.2, 0.25) is 5.02 Å². The van der Waals surface area contributed by atoms with E-state index in [4.69, 9.17) is 11.6 Å². The second-order valence-corrected chi connectivity index (χ2v) is 10.8. The Hall–Kier alpha value is -3.01. The maximum atomic E-state index is 15.0. The molecule has 0 bridgehead atoms. The Bertz CT molecular complexity index is 1360. The number of pyridine rings is 1. The molecule has 198 valence electrons. The van der Waals surface area contributed by atoms with Crippen molar-refractivity contribution in [2.45, 2.75) is 30.1 Å². The molecule has 0 amide bonds. The average molecular weight is 580 g/mol. The zero-order valence-corrected chi connectivity index (χ0v) is 21.0. The predicted molar refractivity (Wildman–Crippen MR) is 127 cm³/mol. The fourth-order valence-corrected chi connectivity index (χ4v) is 5.72. The first-order valence-electron chi connectivity index (χ1n) is 10.6. The largest absolute Gasteiger partial charge is 0.493 e. The van der Waals surface area contributed by atoms with Crippen LogP contribution in [0.15, 0.2) is 52.3 Å². The molecule has 1 saturated heterocycles. The number of hydrogen-bond donors (Lipinski definition) is 1. The Morgan fingerprint density at radius 3 is 2.73 bits per heavy atom. The lowest BCUT2D eigenvalue weighted by Crippen LogP contribution is -2.39. The average Bonchev–Trinajstić information content (AvgIpc) is 3.51. The van der Waals surface area contributed by atoms with Gasteiger partial charge in [-0.1, -0.05) is 22.1 Å². The lowest BCUT2D eigenvalue weighted by molar-refractivity contribution is -0.199. The van der Waals surface area contributed by atoms with Crippen molar-refractivity contribution in [1.82, 2.24) is 14.9 Å². The highest BCUT2D eigenvalue weighted by molar-refractivity contribution is 7.92. The molecule has 3 heterocycles. The minimum atomic E-state index is -5.51. The van der Waals surface area contributed by atoms with Crippen molar-refractivity contribution in [1.29, 1.82) is 0 Å². The molecule has 1 aliphatic heterocycles. The van der Waals surface area contributed by atoms with Crippen LogP contribution in [0.25, 0.3) is 0 Å². The van der Waals surface area contributed by atoms with Gasteiger partial charge < -0.3 is 10.2 Å². The van der Waals surface area contributed by atoms with Crippen molar-refractivity contribution < 1.29 is 35.6 Å². The fourth-order valence-electron chi connectivity index (χ4n) is 3.60. The molecule has 0 radical (unpaired) electrons. The topological polar surface area (TPSA) is 105 Å². The number of nitrogens with zero attached hydrogens (tertiary/aromatic N) is 4. The fraction of sp³-hybridized carbons (Fsp3) is 0.286. The minimum absolute atomic E-state index is 0.0929. The lowest BCUT2D eigenvalue weighted by Gasteiger charge is -2.22. The van der Waals surface area contributed by atoms with Gasteiger partial charge in [-0.05, 0) is 30.7 Å². The normalized spacial score (nSPS) is 16.5. The number of thiazole rings is 1. The van der Waals surface area contributed by atoms with Crippen LogP contribution in [0.5, 0.6) is 0 Å². The third-order valence-corrected chi connectivity index (χ3v) is 7.72. The Morgan fingerprint density at radius 2 is 2.08 bits per heavy atom. The number of anilines is 2. The highest BCUT2D eigenvalue weighted by atomic mass is 35.5. The number of nitrogens with one attached hydrogen (secondary N) is 1. The Labute approximate surface area is 217 Å². The highest BCUT2D eigenvalue weighted by Crippen LogP contribution is 2.33. The summed E-state index contributed by atoms with van der Waals surface area (Å²) in [4.78, 5) is 24.3. The Balaban J connectivity index is 1.53. The number of hydrogen-bond acceptors (Lipinski definition) is 9. The van der Waals surface area contributed by atoms with Crippen LogP contribution in [0.3, 0.4) is 0 Å². The molecule has 0 unspecified atom stereocenters. The van der Waals surface area contributed by atoms with Gasteiger partial charge in [0, 0.05) is 37.3 Å². The molecule has 1 fully saturated rings. The Kier molecular flexibility index (Phi) is 7.87. The lowest BCUT2D eigenvalue weighted by atomic mass is 10.2. The summed E-state index contributed by atoms with van der Waals surface area (Å²) < 4.78 is 79.0. The number of benzene rings is 1. The van der Waals surface area contributed by atoms with Gasteiger partial charge in [0.05, 0.1) is 21.9 Å². The second kappa shape index (κ2) is 10.8. The Morgan fingerprint density at radius 1 is 1.30 bits per heavy atom. The third kappa shape index (κ3) is 6.29. The van der Waals surface area contributed by atoms with E-state index in [2.05, 4.69) is 25.0 Å². The number of aromatic nitrogens is 2. The van der Waals surface area contributed by atoms with Crippen molar-refractivity contribution in [3.63, 3.8) is 0 Å². The molecule has 1 N–H and O–H groups in total. The van der Waals surface area contributed by atoms with Crippen LogP contribution in [0.4, 0.5) is 29.1 Å². The van der Waals surface area contributed by atoms with Crippen LogP contribution in [-0.2, 0) is 26.2 Å². The number of carbonyl (C=O) groups excluding carboxylic acids is 1. The summed E-state index contributed by atoms with van der Waals surface area (Å²) in [6.07, 6.45) is -3.13. The van der Waals surface area contributed by atoms with Gasteiger partial charge in [0.2, 0.25) is 0 Å². The van der Waals surface area contributed by atoms with Gasteiger partial charge in [0.25, 0.3) is 10.0 Å². The summed E-state index contributed by atoms with van der Waals surface area (Å²) >= 11 is 7.04. The molecule has 3 aromatic rings. The smallest absolute Gasteiger partial charge is 0.380 e. The van der Waals surface area contributed by atoms with E-state index in [0.29, 0.717) is 19.5 Å². The molecule has 1 aromatic carbocycles. The molecule has 16 heteroatoms. The summed E-state index contributed by atoms with van der Waals surface area (Å²) in [5.41, 5.74) is 2.07. The molecule has 4 rings (SSSR count). The molecule has 9 nitrogen and oxygen atoms in total. The van der Waals surface area contributed by atoms with E-state index < -0.39 is 38.7 Å². The van der Waals surface area contributed by atoms with E-state index in [9.17, 15) is 26.4 Å². The van der Waals surface area contributed by atoms with Crippen molar-refractivity contribution in [2.75, 3.05) is 22.9 Å². The van der Waals surface area contributed by atoms with Crippen molar-refractivity contribution in [2.24, 2.45) is 0 Å². The van der Waals surface area contributed by atoms with Gasteiger partial charge >= 0.3 is 12.1 Å². The first-order chi connectivity index (χ1) is 17.4. The van der Waals surface area contributed by atoms with Gasteiger partial charge in [-0.2, -0.15) is 21.6 Å². The molecule has 2 aromatic heterocycles. The predicted octanol–water partition coefficient (Wildman–Crippen LogP) is 4.23. The third-order valence-electron chi connectivity index (χ3n) is 5.27. The van der Waals surface area contributed by atoms with Crippen LogP contribution in [-0.4, -0.2) is 54.6 Å². The van der Waals surface area contributed by atoms with Gasteiger partial charge in [0.15, 0.2) is 5.82 Å².